The monoisotopic (exact) mass is 306 g/mol. The molecule has 0 bridgehead atoms. The summed E-state index contributed by atoms with van der Waals surface area (Å²) in [4.78, 5) is 22.3. The Bertz CT molecular complexity index is 751. The van der Waals surface area contributed by atoms with Crippen molar-refractivity contribution in [2.24, 2.45) is 0 Å². The molecule has 3 rings (SSSR count). The van der Waals surface area contributed by atoms with Crippen molar-refractivity contribution in [3.05, 3.63) is 84.2 Å². The van der Waals surface area contributed by atoms with Crippen molar-refractivity contribution in [2.75, 3.05) is 7.05 Å². The van der Waals surface area contributed by atoms with E-state index in [1.165, 1.54) is 0 Å². The Morgan fingerprint density at radius 2 is 1.91 bits per heavy atom. The molecule has 0 saturated heterocycles. The highest BCUT2D eigenvalue weighted by Gasteiger charge is 2.12. The van der Waals surface area contributed by atoms with E-state index in [2.05, 4.69) is 9.97 Å². The molecule has 2 heterocycles. The predicted molar refractivity (Wildman–Crippen MR) is 87.8 cm³/mol. The van der Waals surface area contributed by atoms with Gasteiger partial charge in [0.2, 0.25) is 0 Å². The number of pyridine rings is 1. The van der Waals surface area contributed by atoms with Gasteiger partial charge < -0.3 is 9.47 Å². The summed E-state index contributed by atoms with van der Waals surface area (Å²) in [5.41, 5.74) is 2.83. The van der Waals surface area contributed by atoms with Crippen LogP contribution in [-0.2, 0) is 13.1 Å². The van der Waals surface area contributed by atoms with E-state index < -0.39 is 0 Å². The van der Waals surface area contributed by atoms with Gasteiger partial charge in [0.25, 0.3) is 5.91 Å². The zero-order valence-electron chi connectivity index (χ0n) is 13.0. The lowest BCUT2D eigenvalue weighted by Gasteiger charge is -2.17. The second kappa shape index (κ2) is 6.87. The van der Waals surface area contributed by atoms with Crippen molar-refractivity contribution in [3.63, 3.8) is 0 Å². The molecule has 0 aliphatic carbocycles. The number of carbonyl (C=O) groups excluding carboxylic acids is 1. The summed E-state index contributed by atoms with van der Waals surface area (Å²) >= 11 is 0. The van der Waals surface area contributed by atoms with Gasteiger partial charge >= 0.3 is 0 Å². The van der Waals surface area contributed by atoms with Crippen LogP contribution in [0.4, 0.5) is 0 Å². The van der Waals surface area contributed by atoms with Crippen LogP contribution in [0, 0.1) is 0 Å². The molecule has 1 aromatic carbocycles. The topological polar surface area (TPSA) is 51.0 Å². The summed E-state index contributed by atoms with van der Waals surface area (Å²) in [6, 6.07) is 11.5. The number of carbonyl (C=O) groups is 1. The first-order valence-electron chi connectivity index (χ1n) is 7.41. The van der Waals surface area contributed by atoms with E-state index in [1.807, 2.05) is 47.2 Å². The average molecular weight is 306 g/mol. The Morgan fingerprint density at radius 3 is 2.57 bits per heavy atom. The Balaban J connectivity index is 1.65. The summed E-state index contributed by atoms with van der Waals surface area (Å²) < 4.78 is 1.99. The van der Waals surface area contributed by atoms with Crippen molar-refractivity contribution in [1.82, 2.24) is 19.4 Å². The SMILES string of the molecule is CN(Cc1cccnc1)C(=O)c1ccc(Cn2ccnc2)cc1. The lowest BCUT2D eigenvalue weighted by atomic mass is 10.1. The highest BCUT2D eigenvalue weighted by molar-refractivity contribution is 5.94. The third kappa shape index (κ3) is 3.83. The zero-order valence-corrected chi connectivity index (χ0v) is 13.0. The van der Waals surface area contributed by atoms with E-state index in [-0.39, 0.29) is 5.91 Å². The molecule has 0 radical (unpaired) electrons. The van der Waals surface area contributed by atoms with Crippen molar-refractivity contribution in [2.45, 2.75) is 13.1 Å². The van der Waals surface area contributed by atoms with Crippen LogP contribution in [0.25, 0.3) is 0 Å². The fraction of sp³-hybridized carbons (Fsp3) is 0.167. The molecular weight excluding hydrogens is 288 g/mol. The number of hydrogen-bond acceptors (Lipinski definition) is 3. The fourth-order valence-corrected chi connectivity index (χ4v) is 2.40. The third-order valence-corrected chi connectivity index (χ3v) is 3.61. The molecule has 5 nitrogen and oxygen atoms in total. The van der Waals surface area contributed by atoms with Gasteiger partial charge in [0, 0.05) is 50.5 Å². The number of imidazole rings is 1. The maximum Gasteiger partial charge on any atom is 0.253 e. The van der Waals surface area contributed by atoms with Crippen LogP contribution >= 0.6 is 0 Å². The van der Waals surface area contributed by atoms with Gasteiger partial charge in [-0.1, -0.05) is 18.2 Å². The van der Waals surface area contributed by atoms with Gasteiger partial charge in [-0.05, 0) is 29.3 Å². The van der Waals surface area contributed by atoms with Crippen molar-refractivity contribution in [3.8, 4) is 0 Å². The van der Waals surface area contributed by atoms with E-state index >= 15 is 0 Å². The number of rotatable bonds is 5. The quantitative estimate of drug-likeness (QED) is 0.728. The molecule has 23 heavy (non-hydrogen) atoms. The van der Waals surface area contributed by atoms with Gasteiger partial charge in [-0.2, -0.15) is 0 Å². The lowest BCUT2D eigenvalue weighted by molar-refractivity contribution is 0.0785. The van der Waals surface area contributed by atoms with Crippen LogP contribution in [0.2, 0.25) is 0 Å². The Hall–Kier alpha value is -2.95. The summed E-state index contributed by atoms with van der Waals surface area (Å²) in [6.07, 6.45) is 8.95. The highest BCUT2D eigenvalue weighted by atomic mass is 16.2. The molecule has 0 atom stereocenters. The fourth-order valence-electron chi connectivity index (χ4n) is 2.40. The average Bonchev–Trinajstić information content (AvgIpc) is 3.09. The van der Waals surface area contributed by atoms with Crippen LogP contribution < -0.4 is 0 Å². The Kier molecular flexibility index (Phi) is 4.47. The van der Waals surface area contributed by atoms with Crippen molar-refractivity contribution in [1.29, 1.82) is 0 Å². The zero-order chi connectivity index (χ0) is 16.1. The second-order valence-corrected chi connectivity index (χ2v) is 5.45. The van der Waals surface area contributed by atoms with Gasteiger partial charge in [0.1, 0.15) is 0 Å². The molecule has 5 heteroatoms. The van der Waals surface area contributed by atoms with Gasteiger partial charge in [-0.15, -0.1) is 0 Å². The molecule has 1 amide bonds. The van der Waals surface area contributed by atoms with Gasteiger partial charge in [-0.25, -0.2) is 4.98 Å². The third-order valence-electron chi connectivity index (χ3n) is 3.61. The maximum atomic E-state index is 12.5. The van der Waals surface area contributed by atoms with E-state index in [0.29, 0.717) is 12.1 Å². The smallest absolute Gasteiger partial charge is 0.253 e. The normalized spacial score (nSPS) is 10.5. The van der Waals surface area contributed by atoms with E-state index in [1.54, 1.807) is 36.9 Å². The van der Waals surface area contributed by atoms with E-state index in [0.717, 1.165) is 17.7 Å². The lowest BCUT2D eigenvalue weighted by Crippen LogP contribution is -2.26. The first-order valence-corrected chi connectivity index (χ1v) is 7.41. The summed E-state index contributed by atoms with van der Waals surface area (Å²) in [5.74, 6) is 0.00281. The summed E-state index contributed by atoms with van der Waals surface area (Å²) in [7, 11) is 1.80. The number of hydrogen-bond donors (Lipinski definition) is 0. The van der Waals surface area contributed by atoms with E-state index in [4.69, 9.17) is 0 Å². The maximum absolute atomic E-state index is 12.5. The van der Waals surface area contributed by atoms with Gasteiger partial charge in [0.15, 0.2) is 0 Å². The molecule has 0 spiro atoms. The first kappa shape index (κ1) is 15.0. The molecule has 116 valence electrons. The van der Waals surface area contributed by atoms with Crippen LogP contribution in [0.3, 0.4) is 0 Å². The van der Waals surface area contributed by atoms with Gasteiger partial charge in [0.05, 0.1) is 6.33 Å². The molecule has 0 saturated carbocycles. The Labute approximate surface area is 135 Å². The van der Waals surface area contributed by atoms with Crippen LogP contribution in [0.1, 0.15) is 21.5 Å². The van der Waals surface area contributed by atoms with Crippen LogP contribution in [0.5, 0.6) is 0 Å². The molecule has 2 aromatic heterocycles. The predicted octanol–water partition coefficient (Wildman–Crippen LogP) is 2.60. The van der Waals surface area contributed by atoms with Crippen molar-refractivity contribution < 1.29 is 4.79 Å². The molecule has 0 N–H and O–H groups in total. The van der Waals surface area contributed by atoms with Crippen molar-refractivity contribution >= 4 is 5.91 Å². The largest absolute Gasteiger partial charge is 0.337 e. The molecule has 3 aromatic rings. The summed E-state index contributed by atoms with van der Waals surface area (Å²) in [5, 5.41) is 0. The number of amides is 1. The van der Waals surface area contributed by atoms with E-state index in [9.17, 15) is 4.79 Å². The highest BCUT2D eigenvalue weighted by Crippen LogP contribution is 2.10. The second-order valence-electron chi connectivity index (χ2n) is 5.45. The molecule has 0 unspecified atom stereocenters. The van der Waals surface area contributed by atoms with Gasteiger partial charge in [-0.3, -0.25) is 9.78 Å². The number of benzene rings is 1. The number of nitrogens with zero attached hydrogens (tertiary/aromatic N) is 4. The molecular formula is C18H18N4O. The first-order chi connectivity index (χ1) is 11.2. The molecule has 0 fully saturated rings. The standard InChI is InChI=1S/C18H18N4O/c1-21(12-16-3-2-8-19-11-16)18(23)17-6-4-15(5-7-17)13-22-10-9-20-14-22/h2-11,14H,12-13H2,1H3. The minimum atomic E-state index is 0.00281. The molecule has 0 aliphatic heterocycles. The molecule has 0 aliphatic rings. The minimum Gasteiger partial charge on any atom is -0.337 e. The van der Waals surface area contributed by atoms with Crippen LogP contribution in [0.15, 0.2) is 67.5 Å². The minimum absolute atomic E-state index is 0.00281. The Morgan fingerprint density at radius 1 is 1.09 bits per heavy atom. The van der Waals surface area contributed by atoms with Crippen LogP contribution in [-0.4, -0.2) is 32.4 Å². The summed E-state index contributed by atoms with van der Waals surface area (Å²) in [6.45, 7) is 1.30. The number of aromatic nitrogens is 3.